The highest BCUT2D eigenvalue weighted by Crippen LogP contribution is 2.23. The lowest BCUT2D eigenvalue weighted by Gasteiger charge is -2.30. The number of ketones is 1. The molecule has 3 nitrogen and oxygen atoms in total. The Balaban J connectivity index is 0.000000858. The number of benzene rings is 3. The molecule has 31 heavy (non-hydrogen) atoms. The van der Waals surface area contributed by atoms with E-state index in [1.165, 1.54) is 5.56 Å². The summed E-state index contributed by atoms with van der Waals surface area (Å²) in [6.45, 7) is 2.15. The van der Waals surface area contributed by atoms with Crippen LogP contribution in [0.5, 0.6) is 0 Å². The number of piperidine rings is 1. The number of carbonyl (C=O) groups is 1. The molecule has 0 radical (unpaired) electrons. The highest BCUT2D eigenvalue weighted by molar-refractivity contribution is 6.14. The minimum Gasteiger partial charge on any atom is -0.323 e. The van der Waals surface area contributed by atoms with E-state index < -0.39 is 0 Å². The van der Waals surface area contributed by atoms with Gasteiger partial charge in [0, 0.05) is 30.8 Å². The summed E-state index contributed by atoms with van der Waals surface area (Å²) in [4.78, 5) is 15.5. The second-order valence-corrected chi connectivity index (χ2v) is 7.62. The van der Waals surface area contributed by atoms with Crippen LogP contribution >= 0.6 is 0 Å². The van der Waals surface area contributed by atoms with Gasteiger partial charge in [0.05, 0.1) is 0 Å². The summed E-state index contributed by atoms with van der Waals surface area (Å²) in [5, 5.41) is 2.75. The summed E-state index contributed by atoms with van der Waals surface area (Å²) in [6, 6.07) is 30.6. The van der Waals surface area contributed by atoms with Gasteiger partial charge in [0.2, 0.25) is 0 Å². The molecule has 3 aromatic rings. The van der Waals surface area contributed by atoms with Crippen molar-refractivity contribution in [2.45, 2.75) is 6.54 Å². The summed E-state index contributed by atoms with van der Waals surface area (Å²) < 4.78 is 0. The molecule has 0 aliphatic carbocycles. The number of nitrogens with zero attached hydrogens (tertiary/aromatic N) is 1. The van der Waals surface area contributed by atoms with Crippen molar-refractivity contribution >= 4 is 17.9 Å². The number of hydrogen-bond acceptors (Lipinski definition) is 3. The second-order valence-electron chi connectivity index (χ2n) is 7.62. The Morgan fingerprint density at radius 1 is 0.710 bits per heavy atom. The first-order valence-corrected chi connectivity index (χ1v) is 10.6. The van der Waals surface area contributed by atoms with Gasteiger partial charge in [-0.15, -0.1) is 0 Å². The third-order valence-corrected chi connectivity index (χ3v) is 4.90. The molecular formula is C28H30N2O. The minimum atomic E-state index is 0.150. The topological polar surface area (TPSA) is 32.3 Å². The molecule has 0 aromatic heterocycles. The Morgan fingerprint density at radius 3 is 1.52 bits per heavy atom. The monoisotopic (exact) mass is 410 g/mol. The molecule has 4 rings (SSSR count). The standard InChI is InChI=1S/C26H23NO.C2H7N/c28-26-24(16-21-10-4-1-5-11-21)19-27(18-23-14-8-3-9-15-23)20-25(26)17-22-12-6-2-7-13-22;1-3-2/h1-17H,18-20H2;3H,1-2H3. The van der Waals surface area contributed by atoms with E-state index in [0.717, 1.165) is 28.8 Å². The van der Waals surface area contributed by atoms with Gasteiger partial charge in [-0.25, -0.2) is 0 Å². The third kappa shape index (κ3) is 6.88. The number of nitrogens with one attached hydrogen (secondary N) is 1. The first-order valence-electron chi connectivity index (χ1n) is 10.6. The average Bonchev–Trinajstić information content (AvgIpc) is 2.79. The lowest BCUT2D eigenvalue weighted by molar-refractivity contribution is -0.113. The molecule has 1 fully saturated rings. The second kappa shape index (κ2) is 11.8. The first kappa shape index (κ1) is 22.4. The SMILES string of the molecule is CNC.O=C1C(=Cc2ccccc2)CN(Cc2ccccc2)CC1=Cc1ccccc1. The van der Waals surface area contributed by atoms with Crippen LogP contribution in [-0.4, -0.2) is 37.9 Å². The molecule has 0 amide bonds. The van der Waals surface area contributed by atoms with Gasteiger partial charge in [0.25, 0.3) is 0 Å². The number of rotatable bonds is 4. The van der Waals surface area contributed by atoms with Crippen molar-refractivity contribution in [1.82, 2.24) is 10.2 Å². The zero-order chi connectivity index (χ0) is 21.9. The summed E-state index contributed by atoms with van der Waals surface area (Å²) in [6.07, 6.45) is 4.05. The van der Waals surface area contributed by atoms with Crippen LogP contribution in [0.2, 0.25) is 0 Å². The Bertz CT molecular complexity index is 947. The largest absolute Gasteiger partial charge is 0.323 e. The first-order chi connectivity index (χ1) is 15.2. The van der Waals surface area contributed by atoms with Crippen LogP contribution in [0.25, 0.3) is 12.2 Å². The van der Waals surface area contributed by atoms with E-state index in [-0.39, 0.29) is 5.78 Å². The van der Waals surface area contributed by atoms with E-state index in [9.17, 15) is 4.79 Å². The maximum absolute atomic E-state index is 13.2. The van der Waals surface area contributed by atoms with Crippen LogP contribution in [-0.2, 0) is 11.3 Å². The van der Waals surface area contributed by atoms with Crippen molar-refractivity contribution in [1.29, 1.82) is 0 Å². The normalized spacial score (nSPS) is 16.8. The molecule has 1 aliphatic rings. The Labute approximate surface area is 185 Å². The molecule has 0 spiro atoms. The molecule has 1 aliphatic heterocycles. The van der Waals surface area contributed by atoms with Crippen LogP contribution in [0.3, 0.4) is 0 Å². The van der Waals surface area contributed by atoms with Gasteiger partial charge in [-0.3, -0.25) is 9.69 Å². The molecule has 0 unspecified atom stereocenters. The van der Waals surface area contributed by atoms with Crippen molar-refractivity contribution in [3.8, 4) is 0 Å². The third-order valence-electron chi connectivity index (χ3n) is 4.90. The minimum absolute atomic E-state index is 0.150. The van der Waals surface area contributed by atoms with Gasteiger partial charge in [-0.05, 0) is 42.9 Å². The fourth-order valence-electron chi connectivity index (χ4n) is 3.56. The fourth-order valence-corrected chi connectivity index (χ4v) is 3.56. The molecular weight excluding hydrogens is 380 g/mol. The molecule has 0 atom stereocenters. The van der Waals surface area contributed by atoms with E-state index in [0.29, 0.717) is 13.1 Å². The van der Waals surface area contributed by atoms with Crippen LogP contribution in [0.1, 0.15) is 16.7 Å². The van der Waals surface area contributed by atoms with E-state index >= 15 is 0 Å². The summed E-state index contributed by atoms with van der Waals surface area (Å²) in [5.74, 6) is 0.150. The molecule has 3 aromatic carbocycles. The van der Waals surface area contributed by atoms with E-state index in [1.54, 1.807) is 0 Å². The lowest BCUT2D eigenvalue weighted by Crippen LogP contribution is -2.37. The van der Waals surface area contributed by atoms with Crippen LogP contribution in [0, 0.1) is 0 Å². The van der Waals surface area contributed by atoms with E-state index in [1.807, 2.05) is 93.0 Å². The molecule has 158 valence electrons. The maximum Gasteiger partial charge on any atom is 0.187 e. The summed E-state index contributed by atoms with van der Waals surface area (Å²) in [7, 11) is 3.75. The molecule has 1 heterocycles. The van der Waals surface area contributed by atoms with Crippen LogP contribution in [0.4, 0.5) is 0 Å². The number of hydrogen-bond donors (Lipinski definition) is 1. The quantitative estimate of drug-likeness (QED) is 0.609. The van der Waals surface area contributed by atoms with Gasteiger partial charge < -0.3 is 5.32 Å². The molecule has 0 saturated carbocycles. The predicted molar refractivity (Wildman–Crippen MR) is 131 cm³/mol. The van der Waals surface area contributed by atoms with Crippen molar-refractivity contribution in [3.05, 3.63) is 119 Å². The lowest BCUT2D eigenvalue weighted by atomic mass is 9.94. The van der Waals surface area contributed by atoms with Crippen molar-refractivity contribution in [2.75, 3.05) is 27.2 Å². The molecule has 0 bridgehead atoms. The molecule has 3 heteroatoms. The molecule has 1 saturated heterocycles. The van der Waals surface area contributed by atoms with Crippen molar-refractivity contribution in [2.24, 2.45) is 0 Å². The zero-order valence-corrected chi connectivity index (χ0v) is 18.3. The van der Waals surface area contributed by atoms with Crippen molar-refractivity contribution in [3.63, 3.8) is 0 Å². The van der Waals surface area contributed by atoms with E-state index in [2.05, 4.69) is 34.5 Å². The number of likely N-dealkylation sites (tertiary alicyclic amines) is 1. The molecule has 1 N–H and O–H groups in total. The summed E-state index contributed by atoms with van der Waals surface area (Å²) in [5.41, 5.74) is 5.07. The van der Waals surface area contributed by atoms with Gasteiger partial charge in [0.15, 0.2) is 5.78 Å². The van der Waals surface area contributed by atoms with E-state index in [4.69, 9.17) is 0 Å². The number of Topliss-reactive ketones (excluding diaryl/α,β-unsaturated/α-hetero) is 1. The summed E-state index contributed by atoms with van der Waals surface area (Å²) >= 11 is 0. The Hall–Kier alpha value is -3.27. The van der Waals surface area contributed by atoms with Gasteiger partial charge in [0.1, 0.15) is 0 Å². The number of carbonyl (C=O) groups excluding carboxylic acids is 1. The highest BCUT2D eigenvalue weighted by Gasteiger charge is 2.26. The zero-order valence-electron chi connectivity index (χ0n) is 18.3. The maximum atomic E-state index is 13.2. The van der Waals surface area contributed by atoms with Crippen LogP contribution < -0.4 is 5.32 Å². The highest BCUT2D eigenvalue weighted by atomic mass is 16.1. The average molecular weight is 411 g/mol. The van der Waals surface area contributed by atoms with Gasteiger partial charge in [-0.1, -0.05) is 91.0 Å². The smallest absolute Gasteiger partial charge is 0.187 e. The van der Waals surface area contributed by atoms with Crippen LogP contribution in [0.15, 0.2) is 102 Å². The fraction of sp³-hybridized carbons (Fsp3) is 0.179. The Kier molecular flexibility index (Phi) is 8.53. The van der Waals surface area contributed by atoms with Crippen molar-refractivity contribution < 1.29 is 4.79 Å². The predicted octanol–water partition coefficient (Wildman–Crippen LogP) is 5.07. The van der Waals surface area contributed by atoms with Gasteiger partial charge in [-0.2, -0.15) is 0 Å². The Morgan fingerprint density at radius 2 is 1.10 bits per heavy atom. The van der Waals surface area contributed by atoms with Gasteiger partial charge >= 0.3 is 0 Å².